The van der Waals surface area contributed by atoms with Gasteiger partial charge in [-0.3, -0.25) is 4.79 Å². The fourth-order valence-electron chi connectivity index (χ4n) is 0.426. The van der Waals surface area contributed by atoms with Crippen LogP contribution in [0.5, 0.6) is 0 Å². The lowest BCUT2D eigenvalue weighted by atomic mass is 10.0. The van der Waals surface area contributed by atoms with Crippen LogP contribution in [0.1, 0.15) is 20.3 Å². The summed E-state index contributed by atoms with van der Waals surface area (Å²) >= 11 is 0. The van der Waals surface area contributed by atoms with Gasteiger partial charge in [0, 0.05) is 5.92 Å². The minimum Gasteiger partial charge on any atom is -0.300 e. The quantitative estimate of drug-likeness (QED) is 0.525. The molecule has 0 aliphatic rings. The van der Waals surface area contributed by atoms with Gasteiger partial charge in [0.15, 0.2) is 0 Å². The standard InChI is InChI=1S/C8H12O/c1-4-5-6-7(2)8(3)9/h5,7H,1,6H2,2-3H3. The molecule has 0 saturated carbocycles. The first-order valence-electron chi connectivity index (χ1n) is 3.03. The molecule has 1 atom stereocenters. The molecule has 0 aliphatic carbocycles. The molecular weight excluding hydrogens is 112 g/mol. The number of allylic oxidation sites excluding steroid dienone is 1. The van der Waals surface area contributed by atoms with Gasteiger partial charge in [0.2, 0.25) is 0 Å². The average molecular weight is 124 g/mol. The zero-order valence-electron chi connectivity index (χ0n) is 5.98. The summed E-state index contributed by atoms with van der Waals surface area (Å²) in [5, 5.41) is 0. The normalized spacial score (nSPS) is 11.8. The van der Waals surface area contributed by atoms with Crippen LogP contribution in [0.2, 0.25) is 0 Å². The van der Waals surface area contributed by atoms with Crippen LogP contribution < -0.4 is 0 Å². The van der Waals surface area contributed by atoms with Gasteiger partial charge in [-0.2, -0.15) is 0 Å². The van der Waals surface area contributed by atoms with Crippen LogP contribution in [-0.4, -0.2) is 5.78 Å². The molecule has 9 heavy (non-hydrogen) atoms. The van der Waals surface area contributed by atoms with E-state index in [0.29, 0.717) is 0 Å². The van der Waals surface area contributed by atoms with Crippen molar-refractivity contribution >= 4 is 5.78 Å². The monoisotopic (exact) mass is 124 g/mol. The maximum absolute atomic E-state index is 10.6. The summed E-state index contributed by atoms with van der Waals surface area (Å²) in [6, 6.07) is 0. The van der Waals surface area contributed by atoms with Gasteiger partial charge in [-0.15, -0.1) is 5.73 Å². The number of ketones is 1. The SMILES string of the molecule is C=C=CCC(C)C(C)=O. The van der Waals surface area contributed by atoms with Crippen molar-refractivity contribution in [1.29, 1.82) is 0 Å². The van der Waals surface area contributed by atoms with Crippen LogP contribution in [0.4, 0.5) is 0 Å². The fourth-order valence-corrected chi connectivity index (χ4v) is 0.426. The Morgan fingerprint density at radius 3 is 2.78 bits per heavy atom. The largest absolute Gasteiger partial charge is 0.300 e. The van der Waals surface area contributed by atoms with E-state index in [1.807, 2.05) is 6.92 Å². The van der Waals surface area contributed by atoms with Gasteiger partial charge in [-0.05, 0) is 19.4 Å². The van der Waals surface area contributed by atoms with E-state index in [4.69, 9.17) is 0 Å². The van der Waals surface area contributed by atoms with E-state index >= 15 is 0 Å². The Morgan fingerprint density at radius 1 is 1.89 bits per heavy atom. The Hall–Kier alpha value is -0.810. The summed E-state index contributed by atoms with van der Waals surface area (Å²) < 4.78 is 0. The molecule has 0 radical (unpaired) electrons. The van der Waals surface area contributed by atoms with Crippen molar-refractivity contribution in [2.45, 2.75) is 20.3 Å². The highest BCUT2D eigenvalue weighted by molar-refractivity contribution is 5.77. The molecule has 50 valence electrons. The van der Waals surface area contributed by atoms with Gasteiger partial charge in [-0.1, -0.05) is 13.5 Å². The van der Waals surface area contributed by atoms with E-state index in [2.05, 4.69) is 12.3 Å². The zero-order valence-corrected chi connectivity index (χ0v) is 5.98. The third-order valence-electron chi connectivity index (χ3n) is 1.31. The molecule has 0 aromatic heterocycles. The lowest BCUT2D eigenvalue weighted by Crippen LogP contribution is -2.03. The van der Waals surface area contributed by atoms with Crippen LogP contribution in [0.3, 0.4) is 0 Å². The fraction of sp³-hybridized carbons (Fsp3) is 0.500. The Kier molecular flexibility index (Phi) is 3.74. The minimum atomic E-state index is 0.124. The molecular formula is C8H12O. The lowest BCUT2D eigenvalue weighted by Gasteiger charge is -1.99. The van der Waals surface area contributed by atoms with Crippen molar-refractivity contribution < 1.29 is 4.79 Å². The van der Waals surface area contributed by atoms with E-state index in [9.17, 15) is 4.79 Å². The molecule has 0 saturated heterocycles. The Balaban J connectivity index is 3.63. The van der Waals surface area contributed by atoms with Gasteiger partial charge in [0.1, 0.15) is 5.78 Å². The first kappa shape index (κ1) is 8.19. The molecule has 1 heteroatoms. The highest BCUT2D eigenvalue weighted by atomic mass is 16.1. The number of hydrogen-bond donors (Lipinski definition) is 0. The molecule has 0 spiro atoms. The first-order chi connectivity index (χ1) is 4.18. The molecule has 0 bridgehead atoms. The molecule has 0 fully saturated rings. The van der Waals surface area contributed by atoms with Crippen LogP contribution in [-0.2, 0) is 4.79 Å². The van der Waals surface area contributed by atoms with E-state index in [0.717, 1.165) is 6.42 Å². The number of hydrogen-bond acceptors (Lipinski definition) is 1. The molecule has 0 aromatic carbocycles. The zero-order chi connectivity index (χ0) is 7.28. The van der Waals surface area contributed by atoms with Crippen molar-refractivity contribution in [2.75, 3.05) is 0 Å². The third kappa shape index (κ3) is 3.75. The minimum absolute atomic E-state index is 0.124. The molecule has 0 heterocycles. The predicted octanol–water partition coefficient (Wildman–Crippen LogP) is 1.94. The van der Waals surface area contributed by atoms with Crippen molar-refractivity contribution in [3.63, 3.8) is 0 Å². The molecule has 0 N–H and O–H groups in total. The summed E-state index contributed by atoms with van der Waals surface area (Å²) in [6.07, 6.45) is 2.55. The van der Waals surface area contributed by atoms with E-state index in [-0.39, 0.29) is 11.7 Å². The van der Waals surface area contributed by atoms with Gasteiger partial charge >= 0.3 is 0 Å². The second-order valence-electron chi connectivity index (χ2n) is 2.16. The second-order valence-corrected chi connectivity index (χ2v) is 2.16. The average Bonchev–Trinajstić information content (AvgIpc) is 1.82. The predicted molar refractivity (Wildman–Crippen MR) is 38.2 cm³/mol. The van der Waals surface area contributed by atoms with Crippen molar-refractivity contribution in [3.05, 3.63) is 18.4 Å². The second kappa shape index (κ2) is 4.11. The summed E-state index contributed by atoms with van der Waals surface area (Å²) in [5.41, 5.74) is 2.63. The van der Waals surface area contributed by atoms with Crippen LogP contribution >= 0.6 is 0 Å². The first-order valence-corrected chi connectivity index (χ1v) is 3.03. The molecule has 1 nitrogen and oxygen atoms in total. The van der Waals surface area contributed by atoms with Crippen molar-refractivity contribution in [1.82, 2.24) is 0 Å². The Morgan fingerprint density at radius 2 is 2.44 bits per heavy atom. The van der Waals surface area contributed by atoms with Crippen LogP contribution in [0.25, 0.3) is 0 Å². The van der Waals surface area contributed by atoms with E-state index in [1.54, 1.807) is 13.0 Å². The maximum atomic E-state index is 10.6. The number of rotatable bonds is 3. The smallest absolute Gasteiger partial charge is 0.132 e. The third-order valence-corrected chi connectivity index (χ3v) is 1.31. The van der Waals surface area contributed by atoms with E-state index < -0.39 is 0 Å². The molecule has 0 aromatic rings. The lowest BCUT2D eigenvalue weighted by molar-refractivity contribution is -0.120. The van der Waals surface area contributed by atoms with Crippen LogP contribution in [0.15, 0.2) is 18.4 Å². The highest BCUT2D eigenvalue weighted by Gasteiger charge is 2.02. The number of carbonyl (C=O) groups is 1. The Labute approximate surface area is 56.1 Å². The summed E-state index contributed by atoms with van der Waals surface area (Å²) in [7, 11) is 0. The van der Waals surface area contributed by atoms with Gasteiger partial charge in [0.05, 0.1) is 0 Å². The molecule has 1 unspecified atom stereocenters. The summed E-state index contributed by atoms with van der Waals surface area (Å²) in [5.74, 6) is 0.348. The summed E-state index contributed by atoms with van der Waals surface area (Å²) in [4.78, 5) is 10.6. The van der Waals surface area contributed by atoms with Gasteiger partial charge < -0.3 is 0 Å². The molecule has 0 rings (SSSR count). The van der Waals surface area contributed by atoms with E-state index in [1.165, 1.54) is 0 Å². The number of carbonyl (C=O) groups excluding carboxylic acids is 1. The summed E-state index contributed by atoms with van der Waals surface area (Å²) in [6.45, 7) is 6.90. The topological polar surface area (TPSA) is 17.1 Å². The van der Waals surface area contributed by atoms with Gasteiger partial charge in [0.25, 0.3) is 0 Å². The van der Waals surface area contributed by atoms with Crippen molar-refractivity contribution in [2.24, 2.45) is 5.92 Å². The van der Waals surface area contributed by atoms with Crippen LogP contribution in [0, 0.1) is 5.92 Å². The maximum Gasteiger partial charge on any atom is 0.132 e. The van der Waals surface area contributed by atoms with Crippen molar-refractivity contribution in [3.8, 4) is 0 Å². The number of Topliss-reactive ketones (excluding diaryl/α,β-unsaturated/α-hetero) is 1. The van der Waals surface area contributed by atoms with Gasteiger partial charge in [-0.25, -0.2) is 0 Å². The highest BCUT2D eigenvalue weighted by Crippen LogP contribution is 2.02. The molecule has 0 aliphatic heterocycles. The molecule has 0 amide bonds. The Bertz CT molecular complexity index is 141.